The number of nitrogens with two attached hydrogens (primary N) is 1. The summed E-state index contributed by atoms with van der Waals surface area (Å²) in [5, 5.41) is 8.32. The SMILES string of the molecule is COc1ccc(-c2nn([C@@H](C)c3cc4scc(C)n4c(=O)c3-c3cccc(P)c3)c3ncnc(N)c23)cc1F. The Balaban J connectivity index is 1.63. The van der Waals surface area contributed by atoms with Gasteiger partial charge in [0.25, 0.3) is 5.56 Å². The normalized spacial score (nSPS) is 12.3. The van der Waals surface area contributed by atoms with Crippen LogP contribution in [0.2, 0.25) is 0 Å². The summed E-state index contributed by atoms with van der Waals surface area (Å²) in [5.74, 6) is -0.168. The molecular formula is C28H24FN6O2PS. The maximum Gasteiger partial charge on any atom is 0.264 e. The van der Waals surface area contributed by atoms with Crippen LogP contribution < -0.4 is 21.3 Å². The number of aryl methyl sites for hydroxylation is 1. The van der Waals surface area contributed by atoms with Crippen molar-refractivity contribution in [3.8, 4) is 28.1 Å². The Bertz CT molecular complexity index is 1960. The molecular weight excluding hydrogens is 534 g/mol. The molecule has 11 heteroatoms. The number of nitrogen functional groups attached to an aromatic ring is 1. The van der Waals surface area contributed by atoms with Crippen molar-refractivity contribution >= 4 is 47.6 Å². The van der Waals surface area contributed by atoms with E-state index in [4.69, 9.17) is 15.6 Å². The fraction of sp³-hybridized carbons (Fsp3) is 0.143. The monoisotopic (exact) mass is 558 g/mol. The average molecular weight is 559 g/mol. The molecule has 0 fully saturated rings. The largest absolute Gasteiger partial charge is 0.494 e. The van der Waals surface area contributed by atoms with Crippen molar-refractivity contribution < 1.29 is 9.13 Å². The lowest BCUT2D eigenvalue weighted by Crippen LogP contribution is -2.21. The van der Waals surface area contributed by atoms with E-state index in [9.17, 15) is 9.18 Å². The van der Waals surface area contributed by atoms with Crippen molar-refractivity contribution in [2.45, 2.75) is 19.9 Å². The summed E-state index contributed by atoms with van der Waals surface area (Å²) < 4.78 is 23.2. The lowest BCUT2D eigenvalue weighted by atomic mass is 9.97. The molecule has 0 spiro atoms. The standard InChI is InChI=1S/C28H24FN6O2PS/c1-14-12-39-22-11-19(23(28(36)34(14)22)16-5-4-6-18(38)9-16)15(2)35-27-24(26(30)31-13-32-27)25(33-35)17-7-8-21(37-3)20(29)10-17/h4-13,15H,38H2,1-3H3,(H2,30,31,32)/t15-/m0/s1. The molecule has 0 saturated heterocycles. The highest BCUT2D eigenvalue weighted by Gasteiger charge is 2.26. The molecule has 4 heterocycles. The third-order valence-electron chi connectivity index (χ3n) is 6.84. The number of pyridine rings is 1. The van der Waals surface area contributed by atoms with Gasteiger partial charge in [-0.15, -0.1) is 20.6 Å². The zero-order valence-electron chi connectivity index (χ0n) is 21.3. The zero-order valence-corrected chi connectivity index (χ0v) is 23.3. The predicted octanol–water partition coefficient (Wildman–Crippen LogP) is 4.98. The molecule has 6 aromatic rings. The number of benzene rings is 2. The predicted molar refractivity (Wildman–Crippen MR) is 157 cm³/mol. The van der Waals surface area contributed by atoms with E-state index >= 15 is 0 Å². The first-order valence-corrected chi connectivity index (χ1v) is 13.6. The minimum Gasteiger partial charge on any atom is -0.494 e. The fourth-order valence-corrected chi connectivity index (χ4v) is 6.17. The van der Waals surface area contributed by atoms with Crippen LogP contribution in [-0.4, -0.2) is 31.3 Å². The quantitative estimate of drug-likeness (QED) is 0.300. The van der Waals surface area contributed by atoms with Crippen molar-refractivity contribution in [3.05, 3.63) is 87.7 Å². The van der Waals surface area contributed by atoms with Gasteiger partial charge in [-0.1, -0.05) is 18.2 Å². The van der Waals surface area contributed by atoms with Crippen molar-refractivity contribution in [1.82, 2.24) is 24.1 Å². The molecule has 4 aromatic heterocycles. The summed E-state index contributed by atoms with van der Waals surface area (Å²) in [4.78, 5) is 23.5. The van der Waals surface area contributed by atoms with Gasteiger partial charge in [-0.3, -0.25) is 9.20 Å². The number of halogens is 1. The molecule has 0 amide bonds. The number of thiazole rings is 1. The van der Waals surface area contributed by atoms with Crippen LogP contribution in [0.25, 0.3) is 38.2 Å². The second kappa shape index (κ2) is 9.55. The third-order valence-corrected chi connectivity index (χ3v) is 8.20. The molecule has 196 valence electrons. The van der Waals surface area contributed by atoms with Gasteiger partial charge in [-0.2, -0.15) is 5.10 Å². The summed E-state index contributed by atoms with van der Waals surface area (Å²) in [6, 6.07) is 14.0. The molecule has 1 unspecified atom stereocenters. The zero-order chi connectivity index (χ0) is 27.4. The molecule has 0 aliphatic heterocycles. The number of anilines is 1. The van der Waals surface area contributed by atoms with E-state index in [1.165, 1.54) is 30.8 Å². The van der Waals surface area contributed by atoms with Gasteiger partial charge in [0.1, 0.15) is 22.7 Å². The Labute approximate surface area is 229 Å². The number of ether oxygens (including phenoxy) is 1. The maximum absolute atomic E-state index is 14.7. The van der Waals surface area contributed by atoms with Crippen molar-refractivity contribution in [1.29, 1.82) is 0 Å². The second-order valence-electron chi connectivity index (χ2n) is 9.23. The van der Waals surface area contributed by atoms with Gasteiger partial charge in [0.15, 0.2) is 17.2 Å². The maximum atomic E-state index is 14.7. The first-order chi connectivity index (χ1) is 18.8. The van der Waals surface area contributed by atoms with Gasteiger partial charge in [-0.25, -0.2) is 19.0 Å². The van der Waals surface area contributed by atoms with Crippen molar-refractivity contribution in [2.24, 2.45) is 0 Å². The summed E-state index contributed by atoms with van der Waals surface area (Å²) in [6.07, 6.45) is 1.38. The molecule has 0 bridgehead atoms. The Kier molecular flexibility index (Phi) is 6.16. The number of nitrogens with zero attached hydrogens (tertiary/aromatic N) is 5. The van der Waals surface area contributed by atoms with Gasteiger partial charge in [0.2, 0.25) is 0 Å². The van der Waals surface area contributed by atoms with E-state index in [0.29, 0.717) is 27.9 Å². The van der Waals surface area contributed by atoms with Crippen LogP contribution in [-0.2, 0) is 0 Å². The number of rotatable bonds is 5. The van der Waals surface area contributed by atoms with Crippen LogP contribution in [0.4, 0.5) is 10.2 Å². The van der Waals surface area contributed by atoms with Crippen LogP contribution in [0.15, 0.2) is 65.0 Å². The minimum absolute atomic E-state index is 0.105. The molecule has 2 aromatic carbocycles. The van der Waals surface area contributed by atoms with E-state index in [1.807, 2.05) is 49.6 Å². The Hall–Kier alpha value is -4.14. The number of hydrogen-bond acceptors (Lipinski definition) is 7. The highest BCUT2D eigenvalue weighted by atomic mass is 32.1. The number of methoxy groups -OCH3 is 1. The Morgan fingerprint density at radius 3 is 2.69 bits per heavy atom. The van der Waals surface area contributed by atoms with E-state index in [-0.39, 0.29) is 17.1 Å². The van der Waals surface area contributed by atoms with Crippen LogP contribution in [0.1, 0.15) is 24.2 Å². The Morgan fingerprint density at radius 2 is 1.95 bits per heavy atom. The molecule has 0 saturated carbocycles. The molecule has 2 atom stereocenters. The topological polar surface area (TPSA) is 100 Å². The van der Waals surface area contributed by atoms with Gasteiger partial charge in [0.05, 0.1) is 24.1 Å². The molecule has 0 aliphatic carbocycles. The van der Waals surface area contributed by atoms with Crippen LogP contribution in [0.5, 0.6) is 5.75 Å². The minimum atomic E-state index is -0.521. The van der Waals surface area contributed by atoms with Crippen molar-refractivity contribution in [3.63, 3.8) is 0 Å². The summed E-state index contributed by atoms with van der Waals surface area (Å²) in [5.41, 5.74) is 10.7. The second-order valence-corrected chi connectivity index (χ2v) is 10.8. The van der Waals surface area contributed by atoms with Crippen LogP contribution >= 0.6 is 20.6 Å². The molecule has 0 radical (unpaired) electrons. The van der Waals surface area contributed by atoms with Gasteiger partial charge < -0.3 is 10.5 Å². The van der Waals surface area contributed by atoms with Crippen LogP contribution in [0.3, 0.4) is 0 Å². The molecule has 8 nitrogen and oxygen atoms in total. The third kappa shape index (κ3) is 4.07. The highest BCUT2D eigenvalue weighted by Crippen LogP contribution is 2.37. The van der Waals surface area contributed by atoms with E-state index < -0.39 is 11.9 Å². The molecule has 0 aliphatic rings. The number of aromatic nitrogens is 5. The first kappa shape index (κ1) is 25.2. The molecule has 2 N–H and O–H groups in total. The van der Waals surface area contributed by atoms with Gasteiger partial charge >= 0.3 is 0 Å². The fourth-order valence-electron chi connectivity index (χ4n) is 4.95. The summed E-state index contributed by atoms with van der Waals surface area (Å²) >= 11 is 1.51. The lowest BCUT2D eigenvalue weighted by Gasteiger charge is -2.18. The van der Waals surface area contributed by atoms with E-state index in [1.54, 1.807) is 21.2 Å². The smallest absolute Gasteiger partial charge is 0.264 e. The summed E-state index contributed by atoms with van der Waals surface area (Å²) in [6.45, 7) is 3.88. The lowest BCUT2D eigenvalue weighted by molar-refractivity contribution is 0.386. The highest BCUT2D eigenvalue weighted by molar-refractivity contribution is 7.27. The van der Waals surface area contributed by atoms with Crippen LogP contribution in [0, 0.1) is 12.7 Å². The molecule has 39 heavy (non-hydrogen) atoms. The van der Waals surface area contributed by atoms with Gasteiger partial charge in [0, 0.05) is 16.6 Å². The molecule has 6 rings (SSSR count). The number of fused-ring (bicyclic) bond motifs is 2. The summed E-state index contributed by atoms with van der Waals surface area (Å²) in [7, 11) is 4.09. The van der Waals surface area contributed by atoms with Crippen molar-refractivity contribution in [2.75, 3.05) is 12.8 Å². The number of hydrogen-bond donors (Lipinski definition) is 1. The average Bonchev–Trinajstić information content (AvgIpc) is 3.50. The first-order valence-electron chi connectivity index (χ1n) is 12.1. The van der Waals surface area contributed by atoms with E-state index in [2.05, 4.69) is 19.2 Å². The van der Waals surface area contributed by atoms with Gasteiger partial charge in [-0.05, 0) is 60.6 Å². The Morgan fingerprint density at radius 1 is 1.13 bits per heavy atom. The van der Waals surface area contributed by atoms with E-state index in [0.717, 1.165) is 27.0 Å².